The molecule has 36 nitrogen and oxygen atoms in total. The topological polar surface area (TPSA) is 408 Å². The third-order valence-corrected chi connectivity index (χ3v) is 16.5. The van der Waals surface area contributed by atoms with Gasteiger partial charge in [-0.3, -0.25) is 0 Å². The molecule has 117 heavy (non-hydrogen) atoms. The first-order valence-corrected chi connectivity index (χ1v) is 39.3. The molecule has 0 spiro atoms. The summed E-state index contributed by atoms with van der Waals surface area (Å²) < 4.78 is 138. The van der Waals surface area contributed by atoms with Crippen molar-refractivity contribution in [2.45, 2.75) is 0 Å². The second kappa shape index (κ2) is 60.6. The molecule has 0 amide bonds. The average Bonchev–Trinajstić information content (AvgIpc) is 1.59. The Kier molecular flexibility index (Phi) is 49.5. The number of hydrogen-bond donors (Lipinski definition) is 4. The number of nitrogens with zero attached hydrogens (tertiary/aromatic N) is 8. The van der Waals surface area contributed by atoms with Gasteiger partial charge in [0.1, 0.15) is 49.4 Å². The molecule has 9 rings (SSSR count). The van der Waals surface area contributed by atoms with Crippen LogP contribution in [0.5, 0.6) is 23.0 Å². The van der Waals surface area contributed by atoms with E-state index in [-0.39, 0.29) is 171 Å². The molecule has 37 heteroatoms. The van der Waals surface area contributed by atoms with Crippen LogP contribution in [0.15, 0.2) is 72.8 Å². The number of hydrogen-bond acceptors (Lipinski definition) is 34. The third kappa shape index (κ3) is 35.0. The van der Waals surface area contributed by atoms with Gasteiger partial charge in [0, 0.05) is 44.5 Å². The Morgan fingerprint density at radius 3 is 0.658 bits per heavy atom. The van der Waals surface area contributed by atoms with Crippen molar-refractivity contribution in [3.8, 4) is 68.5 Å². The van der Waals surface area contributed by atoms with Crippen LogP contribution >= 0.6 is 0 Å². The molecule has 0 saturated heterocycles. The van der Waals surface area contributed by atoms with Crippen LogP contribution < -0.4 is 28.9 Å². The van der Waals surface area contributed by atoms with Crippen LogP contribution in [0.4, 0.5) is 0 Å². The first kappa shape index (κ1) is 95.6. The second-order valence-electron chi connectivity index (χ2n) is 24.7. The van der Waals surface area contributed by atoms with Crippen LogP contribution in [0, 0.1) is 0 Å². The number of aliphatic hydroxyl groups is 4. The standard InChI is InChI=1S/C80H112N8O28.Zn/c89-13-17-93-21-25-97-29-33-101-37-41-105-45-49-109-53-57-113-65-9-1-5-61-69(65)77-82-73(61)81-74-62-6-2-11-67(115-59-55-111-51-47-107-43-39-103-35-31-99-27-23-95-19-15-91)71(62)79(83-74)88-80-72-64(8-4-12-68(72)116-60-56-112-52-48-108-44-40-104-36-32-100-28-24-96-20-16-92)76(87-80)86-78-70-63(75(84-77)85-78)7-3-10-66(70)114-58-54-110-50-46-106-42-38-102-34-30-98-26-22-94-18-14-90;/h1-12,89-92H,13-60H2;/q-2;+2. The Morgan fingerprint density at radius 1 is 0.205 bits per heavy atom. The summed E-state index contributed by atoms with van der Waals surface area (Å²) in [5, 5.41) is 37.7. The Labute approximate surface area is 692 Å². The minimum absolute atomic E-state index is 0. The molecule has 0 fully saturated rings. The van der Waals surface area contributed by atoms with Gasteiger partial charge in [-0.2, -0.15) is 0 Å². The van der Waals surface area contributed by atoms with Crippen LogP contribution in [0.1, 0.15) is 0 Å². The first-order valence-electron chi connectivity index (χ1n) is 39.3. The fraction of sp³-hybridized carbons (Fsp3) is 0.600. The number of aliphatic hydroxyl groups excluding tert-OH is 4. The van der Waals surface area contributed by atoms with Crippen molar-refractivity contribution in [2.75, 3.05) is 317 Å². The van der Waals surface area contributed by atoms with Gasteiger partial charge in [-0.05, 0) is 35.0 Å². The van der Waals surface area contributed by atoms with Gasteiger partial charge in [-0.1, -0.05) is 48.5 Å². The third-order valence-electron chi connectivity index (χ3n) is 16.5. The van der Waals surface area contributed by atoms with Gasteiger partial charge in [0.2, 0.25) is 0 Å². The van der Waals surface area contributed by atoms with Crippen LogP contribution in [0.2, 0.25) is 0 Å². The van der Waals surface area contributed by atoms with Crippen molar-refractivity contribution in [3.63, 3.8) is 0 Å². The van der Waals surface area contributed by atoms with E-state index in [2.05, 4.69) is 0 Å². The quantitative estimate of drug-likeness (QED) is 0.0310. The van der Waals surface area contributed by atoms with E-state index in [1.165, 1.54) is 0 Å². The van der Waals surface area contributed by atoms with Crippen LogP contribution in [0.25, 0.3) is 89.7 Å². The van der Waals surface area contributed by atoms with E-state index in [1.807, 2.05) is 72.8 Å². The second-order valence-corrected chi connectivity index (χ2v) is 24.7. The maximum Gasteiger partial charge on any atom is 2.00 e. The minimum Gasteiger partial charge on any atom is -0.491 e. The van der Waals surface area contributed by atoms with Crippen molar-refractivity contribution in [1.29, 1.82) is 0 Å². The summed E-state index contributed by atoms with van der Waals surface area (Å²) in [6.07, 6.45) is 0. The summed E-state index contributed by atoms with van der Waals surface area (Å²) in [6.45, 7) is 14.8. The van der Waals surface area contributed by atoms with Crippen molar-refractivity contribution in [1.82, 2.24) is 39.9 Å². The first-order chi connectivity index (χ1) is 57.6. The number of ether oxygens (including phenoxy) is 24. The molecule has 2 aliphatic rings. The number of benzene rings is 4. The molecule has 0 atom stereocenters. The Balaban J connectivity index is 0.0000171. The van der Waals surface area contributed by atoms with Gasteiger partial charge >= 0.3 is 19.5 Å². The zero-order valence-corrected chi connectivity index (χ0v) is 69.7. The van der Waals surface area contributed by atoms with Crippen molar-refractivity contribution in [3.05, 3.63) is 72.8 Å². The molecule has 5 heterocycles. The van der Waals surface area contributed by atoms with Crippen molar-refractivity contribution in [2.24, 2.45) is 0 Å². The van der Waals surface area contributed by atoms with Gasteiger partial charge < -0.3 is 164 Å². The molecule has 4 aromatic carbocycles. The smallest absolute Gasteiger partial charge is 0.491 e. The summed E-state index contributed by atoms with van der Waals surface area (Å²) >= 11 is 0. The molecule has 2 aliphatic heterocycles. The van der Waals surface area contributed by atoms with Gasteiger partial charge in [0.15, 0.2) is 0 Å². The average molecular weight is 1700 g/mol. The van der Waals surface area contributed by atoms with E-state index >= 15 is 0 Å². The number of rotatable bonds is 72. The summed E-state index contributed by atoms with van der Waals surface area (Å²) in [5.74, 6) is 2.85. The van der Waals surface area contributed by atoms with E-state index in [0.717, 1.165) is 0 Å². The number of fused-ring (bicyclic) bond motifs is 20. The summed E-state index contributed by atoms with van der Waals surface area (Å²) in [5.41, 5.74) is 3.30. The van der Waals surface area contributed by atoms with Crippen molar-refractivity contribution < 1.29 is 154 Å². The van der Waals surface area contributed by atoms with E-state index in [4.69, 9.17) is 174 Å². The fourth-order valence-electron chi connectivity index (χ4n) is 11.2. The molecule has 0 saturated carbocycles. The fourth-order valence-corrected chi connectivity index (χ4v) is 11.2. The molecule has 4 N–H and O–H groups in total. The maximum absolute atomic E-state index is 8.86. The molecule has 0 unspecified atom stereocenters. The maximum atomic E-state index is 8.86. The van der Waals surface area contributed by atoms with Crippen LogP contribution in [-0.2, 0) is 114 Å². The number of aromatic nitrogens is 8. The van der Waals surface area contributed by atoms with E-state index < -0.39 is 0 Å². The molecule has 7 aromatic rings. The normalized spacial score (nSPS) is 11.8. The zero-order chi connectivity index (χ0) is 80.6. The Hall–Kier alpha value is -6.90. The largest absolute Gasteiger partial charge is 2.00 e. The molecule has 0 aliphatic carbocycles. The van der Waals surface area contributed by atoms with E-state index in [0.29, 0.717) is 278 Å². The molecule has 642 valence electrons. The molecule has 0 radical (unpaired) electrons. The van der Waals surface area contributed by atoms with Crippen LogP contribution in [-0.4, -0.2) is 367 Å². The van der Waals surface area contributed by atoms with Gasteiger partial charge in [-0.15, -0.1) is 0 Å². The van der Waals surface area contributed by atoms with Gasteiger partial charge in [0.25, 0.3) is 0 Å². The summed E-state index contributed by atoms with van der Waals surface area (Å²) in [7, 11) is 0. The van der Waals surface area contributed by atoms with E-state index in [9.17, 15) is 0 Å². The summed E-state index contributed by atoms with van der Waals surface area (Å²) in [6, 6.07) is 22.4. The zero-order valence-electron chi connectivity index (χ0n) is 66.7. The molecule has 3 aromatic heterocycles. The Morgan fingerprint density at radius 2 is 0.402 bits per heavy atom. The predicted octanol–water partition coefficient (Wildman–Crippen LogP) is 3.94. The molecule has 8 bridgehead atoms. The predicted molar refractivity (Wildman–Crippen MR) is 421 cm³/mol. The monoisotopic (exact) mass is 1700 g/mol. The van der Waals surface area contributed by atoms with Gasteiger partial charge in [-0.25, -0.2) is 9.97 Å². The van der Waals surface area contributed by atoms with Crippen LogP contribution in [0.3, 0.4) is 0 Å². The molecular weight excluding hydrogens is 1590 g/mol. The van der Waals surface area contributed by atoms with Gasteiger partial charge in [0.05, 0.1) is 325 Å². The van der Waals surface area contributed by atoms with E-state index in [1.54, 1.807) is 0 Å². The Bertz CT molecular complexity index is 3990. The minimum atomic E-state index is -0.0289. The SMILES string of the molecule is OCCOCCOCCOCCOCCOCCOc1cccc2c1-c1nc-2nc2[n-]c(nc3nc(nc4[n-]c(n1)c1cccc(OCCOCCOCCOCCOCCOCCO)c41)-c1c(OCCOCCOCCOCCOCCOCCO)cccc1-3)c1cccc(OCCOCCOCCOCCOCCOCCO)c21.[Zn+2]. The molecular formula is C80H112N8O28Zn. The van der Waals surface area contributed by atoms with Crippen molar-refractivity contribution >= 4 is 44.1 Å². The summed E-state index contributed by atoms with van der Waals surface area (Å²) in [4.78, 5) is 42.0.